The number of amides is 2. The first-order valence-electron chi connectivity index (χ1n) is 7.49. The minimum absolute atomic E-state index is 0.0219. The van der Waals surface area contributed by atoms with E-state index >= 15 is 0 Å². The number of rotatable bonds is 5. The van der Waals surface area contributed by atoms with Crippen LogP contribution in [0, 0.1) is 12.8 Å². The Balaban J connectivity index is 1.53. The van der Waals surface area contributed by atoms with Crippen molar-refractivity contribution in [1.82, 2.24) is 20.4 Å². The average molecular weight is 314 g/mol. The molecule has 120 valence electrons. The van der Waals surface area contributed by atoms with Crippen LogP contribution >= 0.6 is 0 Å². The van der Waals surface area contributed by atoms with Crippen LogP contribution in [-0.2, 0) is 22.7 Å². The van der Waals surface area contributed by atoms with Gasteiger partial charge in [-0.3, -0.25) is 14.6 Å². The topological polar surface area (TPSA) is 88.3 Å². The summed E-state index contributed by atoms with van der Waals surface area (Å²) >= 11 is 0. The number of hydrogen-bond donors (Lipinski definition) is 1. The minimum Gasteiger partial charge on any atom is -0.359 e. The van der Waals surface area contributed by atoms with E-state index in [1.165, 1.54) is 0 Å². The quantitative estimate of drug-likeness (QED) is 0.891. The summed E-state index contributed by atoms with van der Waals surface area (Å²) in [5, 5.41) is 6.56. The molecule has 2 aromatic rings. The van der Waals surface area contributed by atoms with Gasteiger partial charge in [-0.15, -0.1) is 0 Å². The van der Waals surface area contributed by atoms with Crippen LogP contribution in [0.3, 0.4) is 0 Å². The molecule has 7 heteroatoms. The Morgan fingerprint density at radius 3 is 3.04 bits per heavy atom. The molecule has 1 aliphatic heterocycles. The number of aromatic nitrogens is 2. The van der Waals surface area contributed by atoms with Crippen molar-refractivity contribution in [2.45, 2.75) is 26.4 Å². The smallest absolute Gasteiger partial charge is 0.225 e. The second-order valence-electron chi connectivity index (χ2n) is 5.65. The van der Waals surface area contributed by atoms with E-state index in [1.54, 1.807) is 17.2 Å². The lowest BCUT2D eigenvalue weighted by Gasteiger charge is -2.15. The van der Waals surface area contributed by atoms with Crippen molar-refractivity contribution in [3.63, 3.8) is 0 Å². The second-order valence-corrected chi connectivity index (χ2v) is 5.65. The molecule has 1 unspecified atom stereocenters. The van der Waals surface area contributed by atoms with Crippen LogP contribution in [0.15, 0.2) is 35.0 Å². The highest BCUT2D eigenvalue weighted by Crippen LogP contribution is 2.20. The molecular formula is C16H18N4O3. The van der Waals surface area contributed by atoms with Crippen LogP contribution in [0.5, 0.6) is 0 Å². The lowest BCUT2D eigenvalue weighted by Crippen LogP contribution is -2.32. The molecule has 0 aliphatic carbocycles. The number of aryl methyl sites for hydroxylation is 1. The van der Waals surface area contributed by atoms with Gasteiger partial charge in [0.25, 0.3) is 0 Å². The van der Waals surface area contributed by atoms with Crippen LogP contribution in [0.4, 0.5) is 0 Å². The zero-order valence-corrected chi connectivity index (χ0v) is 12.9. The van der Waals surface area contributed by atoms with Crippen molar-refractivity contribution in [2.75, 3.05) is 6.54 Å². The summed E-state index contributed by atoms with van der Waals surface area (Å²) in [5.74, 6) is 0.1000. The molecule has 0 bridgehead atoms. The Bertz CT molecular complexity index is 698. The van der Waals surface area contributed by atoms with E-state index in [-0.39, 0.29) is 30.7 Å². The first-order chi connectivity index (χ1) is 11.1. The maximum Gasteiger partial charge on any atom is 0.225 e. The molecule has 23 heavy (non-hydrogen) atoms. The van der Waals surface area contributed by atoms with Gasteiger partial charge < -0.3 is 14.7 Å². The third kappa shape index (κ3) is 3.74. The van der Waals surface area contributed by atoms with Crippen molar-refractivity contribution in [3.05, 3.63) is 47.6 Å². The number of carbonyl (C=O) groups excluding carboxylic acids is 2. The normalized spacial score (nSPS) is 17.5. The Morgan fingerprint density at radius 1 is 1.48 bits per heavy atom. The Labute approximate surface area is 133 Å². The molecule has 7 nitrogen and oxygen atoms in total. The predicted molar refractivity (Wildman–Crippen MR) is 80.8 cm³/mol. The standard InChI is InChI=1S/C16H18N4O3/c1-11-6-14(23-19-11)8-18-16(22)12-7-15(21)20(9-12)10-13-4-2-3-5-17-13/h2-6,12H,7-10H2,1H3,(H,18,22). The van der Waals surface area contributed by atoms with E-state index in [2.05, 4.69) is 15.5 Å². The van der Waals surface area contributed by atoms with Crippen LogP contribution < -0.4 is 5.32 Å². The molecule has 2 amide bonds. The number of likely N-dealkylation sites (tertiary alicyclic amines) is 1. The van der Waals surface area contributed by atoms with Crippen LogP contribution in [0.25, 0.3) is 0 Å². The van der Waals surface area contributed by atoms with Gasteiger partial charge in [0, 0.05) is 25.2 Å². The molecule has 0 spiro atoms. The van der Waals surface area contributed by atoms with E-state index in [0.717, 1.165) is 11.4 Å². The van der Waals surface area contributed by atoms with Gasteiger partial charge in [0.2, 0.25) is 11.8 Å². The number of nitrogens with one attached hydrogen (secondary N) is 1. The van der Waals surface area contributed by atoms with E-state index in [1.807, 2.05) is 25.1 Å². The van der Waals surface area contributed by atoms with Crippen LogP contribution in [0.2, 0.25) is 0 Å². The van der Waals surface area contributed by atoms with E-state index < -0.39 is 0 Å². The monoisotopic (exact) mass is 314 g/mol. The third-order valence-corrected chi connectivity index (χ3v) is 3.78. The lowest BCUT2D eigenvalue weighted by atomic mass is 10.1. The van der Waals surface area contributed by atoms with Crippen molar-refractivity contribution in [1.29, 1.82) is 0 Å². The van der Waals surface area contributed by atoms with Gasteiger partial charge in [-0.1, -0.05) is 11.2 Å². The number of carbonyl (C=O) groups is 2. The van der Waals surface area contributed by atoms with E-state index in [9.17, 15) is 9.59 Å². The fourth-order valence-corrected chi connectivity index (χ4v) is 2.61. The zero-order valence-electron chi connectivity index (χ0n) is 12.9. The Morgan fingerprint density at radius 2 is 2.35 bits per heavy atom. The zero-order chi connectivity index (χ0) is 16.2. The maximum atomic E-state index is 12.2. The van der Waals surface area contributed by atoms with Gasteiger partial charge in [0.05, 0.1) is 30.4 Å². The fraction of sp³-hybridized carbons (Fsp3) is 0.375. The molecule has 0 aromatic carbocycles. The molecule has 1 fully saturated rings. The summed E-state index contributed by atoms with van der Waals surface area (Å²) in [6, 6.07) is 7.35. The predicted octanol–water partition coefficient (Wildman–Crippen LogP) is 1.04. The lowest BCUT2D eigenvalue weighted by molar-refractivity contribution is -0.129. The molecular weight excluding hydrogens is 296 g/mol. The average Bonchev–Trinajstić information content (AvgIpc) is 3.12. The van der Waals surface area contributed by atoms with Crippen LogP contribution in [-0.4, -0.2) is 33.4 Å². The van der Waals surface area contributed by atoms with Gasteiger partial charge in [0.1, 0.15) is 0 Å². The minimum atomic E-state index is -0.338. The van der Waals surface area contributed by atoms with Crippen molar-refractivity contribution >= 4 is 11.8 Å². The van der Waals surface area contributed by atoms with E-state index in [4.69, 9.17) is 4.52 Å². The summed E-state index contributed by atoms with van der Waals surface area (Å²) in [7, 11) is 0. The molecule has 1 N–H and O–H groups in total. The molecule has 1 aliphatic rings. The molecule has 1 saturated heterocycles. The van der Waals surface area contributed by atoms with Crippen molar-refractivity contribution in [2.24, 2.45) is 5.92 Å². The summed E-state index contributed by atoms with van der Waals surface area (Å²) in [5.41, 5.74) is 1.59. The first kappa shape index (κ1) is 15.2. The SMILES string of the molecule is Cc1cc(CNC(=O)C2CC(=O)N(Cc3ccccn3)C2)on1. The maximum absolute atomic E-state index is 12.2. The van der Waals surface area contributed by atoms with Gasteiger partial charge in [-0.25, -0.2) is 0 Å². The highest BCUT2D eigenvalue weighted by atomic mass is 16.5. The summed E-state index contributed by atoms with van der Waals surface area (Å²) in [4.78, 5) is 30.1. The van der Waals surface area contributed by atoms with Gasteiger partial charge in [-0.2, -0.15) is 0 Å². The fourth-order valence-electron chi connectivity index (χ4n) is 2.61. The Hall–Kier alpha value is -2.70. The highest BCUT2D eigenvalue weighted by Gasteiger charge is 2.34. The number of hydrogen-bond acceptors (Lipinski definition) is 5. The highest BCUT2D eigenvalue weighted by molar-refractivity contribution is 5.89. The largest absolute Gasteiger partial charge is 0.359 e. The molecule has 0 radical (unpaired) electrons. The van der Waals surface area contributed by atoms with Crippen molar-refractivity contribution < 1.29 is 14.1 Å². The third-order valence-electron chi connectivity index (χ3n) is 3.78. The first-order valence-corrected chi connectivity index (χ1v) is 7.49. The number of nitrogens with zero attached hydrogens (tertiary/aromatic N) is 3. The summed E-state index contributed by atoms with van der Waals surface area (Å²) < 4.78 is 5.05. The molecule has 3 heterocycles. The van der Waals surface area contributed by atoms with E-state index in [0.29, 0.717) is 18.8 Å². The molecule has 0 saturated carbocycles. The molecule has 2 aromatic heterocycles. The second kappa shape index (κ2) is 6.60. The Kier molecular flexibility index (Phi) is 4.36. The summed E-state index contributed by atoms with van der Waals surface area (Å²) in [6.45, 7) is 2.95. The van der Waals surface area contributed by atoms with Gasteiger partial charge >= 0.3 is 0 Å². The summed E-state index contributed by atoms with van der Waals surface area (Å²) in [6.07, 6.45) is 1.92. The van der Waals surface area contributed by atoms with Crippen LogP contribution in [0.1, 0.15) is 23.6 Å². The van der Waals surface area contributed by atoms with Gasteiger partial charge in [0.15, 0.2) is 5.76 Å². The van der Waals surface area contributed by atoms with Gasteiger partial charge in [-0.05, 0) is 19.1 Å². The number of pyridine rings is 1. The molecule has 3 rings (SSSR count). The molecule has 1 atom stereocenters. The van der Waals surface area contributed by atoms with Crippen molar-refractivity contribution in [3.8, 4) is 0 Å².